The Balaban J connectivity index is 1.80. The Morgan fingerprint density at radius 3 is 3.00 bits per heavy atom. The maximum atomic E-state index is 11.0. The molecule has 2 atom stereocenters. The minimum atomic E-state index is -0.673. The zero-order chi connectivity index (χ0) is 13.0. The lowest BCUT2D eigenvalue weighted by atomic mass is 10.0. The SMILES string of the molecule is O=C(O)C1CCCC1NCCc1cccc(Cl)c1. The van der Waals surface area contributed by atoms with Gasteiger partial charge in [-0.15, -0.1) is 0 Å². The Labute approximate surface area is 112 Å². The van der Waals surface area contributed by atoms with Crippen molar-refractivity contribution in [3.63, 3.8) is 0 Å². The van der Waals surface area contributed by atoms with Gasteiger partial charge >= 0.3 is 5.97 Å². The molecule has 2 rings (SSSR count). The number of rotatable bonds is 5. The molecule has 0 aromatic heterocycles. The van der Waals surface area contributed by atoms with Crippen molar-refractivity contribution in [2.75, 3.05) is 6.54 Å². The van der Waals surface area contributed by atoms with Crippen LogP contribution in [0.5, 0.6) is 0 Å². The summed E-state index contributed by atoms with van der Waals surface area (Å²) >= 11 is 5.92. The molecule has 0 spiro atoms. The number of halogens is 1. The van der Waals surface area contributed by atoms with Crippen LogP contribution in [-0.2, 0) is 11.2 Å². The minimum absolute atomic E-state index is 0.127. The predicted octanol–water partition coefficient (Wildman–Crippen LogP) is 2.73. The summed E-state index contributed by atoms with van der Waals surface area (Å²) in [6.45, 7) is 0.800. The van der Waals surface area contributed by atoms with Gasteiger partial charge in [0.1, 0.15) is 0 Å². The highest BCUT2D eigenvalue weighted by Crippen LogP contribution is 2.25. The maximum absolute atomic E-state index is 11.0. The van der Waals surface area contributed by atoms with E-state index in [9.17, 15) is 4.79 Å². The van der Waals surface area contributed by atoms with Crippen molar-refractivity contribution in [1.29, 1.82) is 0 Å². The molecule has 98 valence electrons. The molecular formula is C14H18ClNO2. The molecule has 0 amide bonds. The van der Waals surface area contributed by atoms with Crippen LogP contribution in [0.3, 0.4) is 0 Å². The number of benzene rings is 1. The number of nitrogens with one attached hydrogen (secondary N) is 1. The van der Waals surface area contributed by atoms with Gasteiger partial charge < -0.3 is 10.4 Å². The zero-order valence-corrected chi connectivity index (χ0v) is 11.0. The number of aliphatic carboxylic acids is 1. The molecular weight excluding hydrogens is 250 g/mol. The standard InChI is InChI=1S/C14H18ClNO2/c15-11-4-1-3-10(9-11)7-8-16-13-6-2-5-12(13)14(17)18/h1,3-4,9,12-13,16H,2,5-8H2,(H,17,18). The van der Waals surface area contributed by atoms with Crippen molar-refractivity contribution < 1.29 is 9.90 Å². The topological polar surface area (TPSA) is 49.3 Å². The van der Waals surface area contributed by atoms with E-state index in [1.165, 1.54) is 5.56 Å². The predicted molar refractivity (Wildman–Crippen MR) is 71.9 cm³/mol. The molecule has 0 aliphatic heterocycles. The number of carboxylic acids is 1. The highest BCUT2D eigenvalue weighted by atomic mass is 35.5. The monoisotopic (exact) mass is 267 g/mol. The van der Waals surface area contributed by atoms with Gasteiger partial charge in [0.25, 0.3) is 0 Å². The smallest absolute Gasteiger partial charge is 0.308 e. The van der Waals surface area contributed by atoms with Crippen molar-refractivity contribution in [2.24, 2.45) is 5.92 Å². The van der Waals surface area contributed by atoms with Crippen LogP contribution in [0.1, 0.15) is 24.8 Å². The van der Waals surface area contributed by atoms with Crippen molar-refractivity contribution >= 4 is 17.6 Å². The van der Waals surface area contributed by atoms with Gasteiger partial charge in [-0.25, -0.2) is 0 Å². The third-order valence-electron chi connectivity index (χ3n) is 3.54. The summed E-state index contributed by atoms with van der Waals surface area (Å²) < 4.78 is 0. The largest absolute Gasteiger partial charge is 0.481 e. The van der Waals surface area contributed by atoms with Crippen LogP contribution >= 0.6 is 11.6 Å². The fourth-order valence-corrected chi connectivity index (χ4v) is 2.81. The fraction of sp³-hybridized carbons (Fsp3) is 0.500. The van der Waals surface area contributed by atoms with Crippen molar-refractivity contribution in [2.45, 2.75) is 31.7 Å². The Kier molecular flexibility index (Phi) is 4.61. The first-order valence-corrected chi connectivity index (χ1v) is 6.75. The summed E-state index contributed by atoms with van der Waals surface area (Å²) in [6.07, 6.45) is 3.64. The molecule has 4 heteroatoms. The van der Waals surface area contributed by atoms with Gasteiger partial charge in [-0.05, 0) is 43.5 Å². The first-order chi connectivity index (χ1) is 8.66. The van der Waals surface area contributed by atoms with Crippen LogP contribution in [0, 0.1) is 5.92 Å². The summed E-state index contributed by atoms with van der Waals surface area (Å²) in [6, 6.07) is 7.91. The second-order valence-electron chi connectivity index (χ2n) is 4.82. The summed E-state index contributed by atoms with van der Waals surface area (Å²) in [4.78, 5) is 11.0. The summed E-state index contributed by atoms with van der Waals surface area (Å²) in [5.41, 5.74) is 1.18. The van der Waals surface area contributed by atoms with Crippen LogP contribution in [0.15, 0.2) is 24.3 Å². The van der Waals surface area contributed by atoms with E-state index in [4.69, 9.17) is 16.7 Å². The van der Waals surface area contributed by atoms with E-state index in [0.29, 0.717) is 0 Å². The van der Waals surface area contributed by atoms with Gasteiger partial charge in [0.2, 0.25) is 0 Å². The Morgan fingerprint density at radius 2 is 2.28 bits per heavy atom. The Morgan fingerprint density at radius 1 is 1.44 bits per heavy atom. The molecule has 2 unspecified atom stereocenters. The van der Waals surface area contributed by atoms with Crippen LogP contribution < -0.4 is 5.32 Å². The fourth-order valence-electron chi connectivity index (χ4n) is 2.59. The minimum Gasteiger partial charge on any atom is -0.481 e. The molecule has 1 aliphatic carbocycles. The van der Waals surface area contributed by atoms with Gasteiger partial charge in [-0.3, -0.25) is 4.79 Å². The molecule has 3 nitrogen and oxygen atoms in total. The number of carbonyl (C=O) groups is 1. The van der Waals surface area contributed by atoms with Crippen molar-refractivity contribution in [3.8, 4) is 0 Å². The molecule has 0 bridgehead atoms. The average Bonchev–Trinajstić information content (AvgIpc) is 2.77. The lowest BCUT2D eigenvalue weighted by Gasteiger charge is -2.17. The lowest BCUT2D eigenvalue weighted by Crippen LogP contribution is -2.37. The maximum Gasteiger partial charge on any atom is 0.308 e. The Hall–Kier alpha value is -1.06. The molecule has 0 saturated heterocycles. The second kappa shape index (κ2) is 6.21. The van der Waals surface area contributed by atoms with Crippen LogP contribution in [0.25, 0.3) is 0 Å². The molecule has 1 saturated carbocycles. The van der Waals surface area contributed by atoms with Gasteiger partial charge in [-0.1, -0.05) is 30.2 Å². The summed E-state index contributed by atoms with van der Waals surface area (Å²) in [5.74, 6) is -0.892. The van der Waals surface area contributed by atoms with E-state index in [-0.39, 0.29) is 12.0 Å². The molecule has 1 aromatic rings. The highest BCUT2D eigenvalue weighted by Gasteiger charge is 2.32. The quantitative estimate of drug-likeness (QED) is 0.862. The van der Waals surface area contributed by atoms with E-state index >= 15 is 0 Å². The van der Waals surface area contributed by atoms with Crippen LogP contribution in [-0.4, -0.2) is 23.7 Å². The number of hydrogen-bond donors (Lipinski definition) is 2. The van der Waals surface area contributed by atoms with Gasteiger partial charge in [-0.2, -0.15) is 0 Å². The zero-order valence-electron chi connectivity index (χ0n) is 10.2. The highest BCUT2D eigenvalue weighted by molar-refractivity contribution is 6.30. The molecule has 0 heterocycles. The van der Waals surface area contributed by atoms with Crippen LogP contribution in [0.4, 0.5) is 0 Å². The average molecular weight is 268 g/mol. The van der Waals surface area contributed by atoms with Gasteiger partial charge in [0.15, 0.2) is 0 Å². The number of hydrogen-bond acceptors (Lipinski definition) is 2. The van der Waals surface area contributed by atoms with Crippen LogP contribution in [0.2, 0.25) is 5.02 Å². The Bertz CT molecular complexity index is 422. The van der Waals surface area contributed by atoms with E-state index in [1.54, 1.807) is 0 Å². The third kappa shape index (κ3) is 3.47. The van der Waals surface area contributed by atoms with Gasteiger partial charge in [0, 0.05) is 11.1 Å². The summed E-state index contributed by atoms with van der Waals surface area (Å²) in [7, 11) is 0. The second-order valence-corrected chi connectivity index (χ2v) is 5.25. The third-order valence-corrected chi connectivity index (χ3v) is 3.78. The molecule has 0 radical (unpaired) electrons. The lowest BCUT2D eigenvalue weighted by molar-refractivity contribution is -0.142. The van der Waals surface area contributed by atoms with E-state index in [0.717, 1.165) is 37.3 Å². The van der Waals surface area contributed by atoms with E-state index in [1.807, 2.05) is 24.3 Å². The van der Waals surface area contributed by atoms with Crippen molar-refractivity contribution in [3.05, 3.63) is 34.9 Å². The molecule has 1 fully saturated rings. The van der Waals surface area contributed by atoms with E-state index in [2.05, 4.69) is 5.32 Å². The number of carboxylic acid groups (broad SMARTS) is 1. The van der Waals surface area contributed by atoms with E-state index < -0.39 is 5.97 Å². The summed E-state index contributed by atoms with van der Waals surface area (Å²) in [5, 5.41) is 13.2. The van der Waals surface area contributed by atoms with Gasteiger partial charge in [0.05, 0.1) is 5.92 Å². The molecule has 18 heavy (non-hydrogen) atoms. The van der Waals surface area contributed by atoms with Crippen molar-refractivity contribution in [1.82, 2.24) is 5.32 Å². The normalized spacial score (nSPS) is 23.2. The molecule has 1 aromatic carbocycles. The molecule has 1 aliphatic rings. The molecule has 2 N–H and O–H groups in total. The first kappa shape index (κ1) is 13.4. The first-order valence-electron chi connectivity index (χ1n) is 6.37.